The Morgan fingerprint density at radius 3 is 2.83 bits per heavy atom. The molecular formula is C23H29N5O. The van der Waals surface area contributed by atoms with Gasteiger partial charge in [-0.15, -0.1) is 0 Å². The molecule has 0 radical (unpaired) electrons. The third-order valence-corrected chi connectivity index (χ3v) is 5.88. The molecule has 152 valence electrons. The predicted molar refractivity (Wildman–Crippen MR) is 116 cm³/mol. The lowest BCUT2D eigenvalue weighted by Gasteiger charge is -2.34. The van der Waals surface area contributed by atoms with Gasteiger partial charge in [0.1, 0.15) is 0 Å². The molecule has 2 atom stereocenters. The average molecular weight is 392 g/mol. The molecule has 6 nitrogen and oxygen atoms in total. The molecule has 29 heavy (non-hydrogen) atoms. The first-order chi connectivity index (χ1) is 13.9. The smallest absolute Gasteiger partial charge is 0.227 e. The van der Waals surface area contributed by atoms with Crippen LogP contribution in [0.4, 0.5) is 5.69 Å². The molecule has 1 aliphatic heterocycles. The Morgan fingerprint density at radius 2 is 2.07 bits per heavy atom. The van der Waals surface area contributed by atoms with Gasteiger partial charge < -0.3 is 10.6 Å². The molecule has 1 aliphatic rings. The number of hydrogen-bond donors (Lipinski definition) is 1. The van der Waals surface area contributed by atoms with E-state index in [9.17, 15) is 4.79 Å². The fourth-order valence-corrected chi connectivity index (χ4v) is 4.38. The molecule has 6 heteroatoms. The SMILES string of the molecule is Cc1cc(C)n(C[C@H](C)C(=O)N2CCC[C@H](c3nc4ccccc4cc3N)C2)n1. The Kier molecular flexibility index (Phi) is 5.26. The van der Waals surface area contributed by atoms with Crippen molar-refractivity contribution in [3.8, 4) is 0 Å². The number of pyridine rings is 1. The number of aromatic nitrogens is 3. The number of hydrogen-bond acceptors (Lipinski definition) is 4. The van der Waals surface area contributed by atoms with E-state index in [0.717, 1.165) is 53.1 Å². The molecule has 1 fully saturated rings. The maximum absolute atomic E-state index is 13.1. The van der Waals surface area contributed by atoms with Gasteiger partial charge in [0.25, 0.3) is 0 Å². The van der Waals surface area contributed by atoms with Gasteiger partial charge in [-0.3, -0.25) is 14.5 Å². The van der Waals surface area contributed by atoms with Gasteiger partial charge in [0.05, 0.1) is 35.1 Å². The van der Waals surface area contributed by atoms with Crippen LogP contribution in [0.15, 0.2) is 36.4 Å². The number of nitrogen functional groups attached to an aromatic ring is 1. The number of aryl methyl sites for hydroxylation is 2. The summed E-state index contributed by atoms with van der Waals surface area (Å²) in [5.41, 5.74) is 11.0. The number of amides is 1. The van der Waals surface area contributed by atoms with Gasteiger partial charge in [0.2, 0.25) is 5.91 Å². The Balaban J connectivity index is 1.50. The number of fused-ring (bicyclic) bond motifs is 1. The molecule has 1 saturated heterocycles. The summed E-state index contributed by atoms with van der Waals surface area (Å²) < 4.78 is 1.93. The summed E-state index contributed by atoms with van der Waals surface area (Å²) in [7, 11) is 0. The van der Waals surface area contributed by atoms with E-state index in [1.165, 1.54) is 0 Å². The number of carbonyl (C=O) groups is 1. The maximum Gasteiger partial charge on any atom is 0.227 e. The van der Waals surface area contributed by atoms with Crippen LogP contribution in [0.25, 0.3) is 10.9 Å². The zero-order valence-electron chi connectivity index (χ0n) is 17.4. The molecule has 0 unspecified atom stereocenters. The topological polar surface area (TPSA) is 77.0 Å². The Labute approximate surface area is 171 Å². The molecule has 0 spiro atoms. The number of likely N-dealkylation sites (tertiary alicyclic amines) is 1. The molecule has 4 rings (SSSR count). The molecule has 3 heterocycles. The highest BCUT2D eigenvalue weighted by molar-refractivity contribution is 5.82. The second-order valence-corrected chi connectivity index (χ2v) is 8.29. The monoisotopic (exact) mass is 391 g/mol. The normalized spacial score (nSPS) is 18.2. The summed E-state index contributed by atoms with van der Waals surface area (Å²) in [4.78, 5) is 20.0. The van der Waals surface area contributed by atoms with Crippen molar-refractivity contribution < 1.29 is 4.79 Å². The standard InChI is InChI=1S/C23H29N5O/c1-15(13-28-17(3)11-16(2)26-28)23(29)27-10-6-8-19(14-27)22-20(24)12-18-7-4-5-9-21(18)25-22/h4-5,7,9,11-12,15,19H,6,8,10,13-14,24H2,1-3H3/t15-,19-/m0/s1. The fourth-order valence-electron chi connectivity index (χ4n) is 4.38. The van der Waals surface area contributed by atoms with E-state index in [1.54, 1.807) is 0 Å². The van der Waals surface area contributed by atoms with Crippen molar-refractivity contribution in [3.63, 3.8) is 0 Å². The zero-order valence-corrected chi connectivity index (χ0v) is 17.4. The van der Waals surface area contributed by atoms with Crippen LogP contribution in [-0.2, 0) is 11.3 Å². The van der Waals surface area contributed by atoms with E-state index < -0.39 is 0 Å². The van der Waals surface area contributed by atoms with Crippen molar-refractivity contribution in [2.45, 2.75) is 46.1 Å². The van der Waals surface area contributed by atoms with Gasteiger partial charge in [-0.1, -0.05) is 25.1 Å². The van der Waals surface area contributed by atoms with Crippen LogP contribution in [0.1, 0.15) is 42.8 Å². The van der Waals surface area contributed by atoms with Gasteiger partial charge in [0, 0.05) is 30.1 Å². The largest absolute Gasteiger partial charge is 0.397 e. The minimum absolute atomic E-state index is 0.117. The second-order valence-electron chi connectivity index (χ2n) is 8.29. The van der Waals surface area contributed by atoms with E-state index in [-0.39, 0.29) is 17.7 Å². The molecular weight excluding hydrogens is 362 g/mol. The predicted octanol–water partition coefficient (Wildman–Crippen LogP) is 3.67. The summed E-state index contributed by atoms with van der Waals surface area (Å²) in [5, 5.41) is 5.55. The van der Waals surface area contributed by atoms with Crippen molar-refractivity contribution in [2.24, 2.45) is 5.92 Å². The third-order valence-electron chi connectivity index (χ3n) is 5.88. The molecule has 2 N–H and O–H groups in total. The van der Waals surface area contributed by atoms with Gasteiger partial charge in [0.15, 0.2) is 0 Å². The van der Waals surface area contributed by atoms with Crippen LogP contribution in [0.3, 0.4) is 0 Å². The molecule has 2 aromatic heterocycles. The molecule has 3 aromatic rings. The quantitative estimate of drug-likeness (QED) is 0.736. The number of carbonyl (C=O) groups excluding carboxylic acids is 1. The first-order valence-corrected chi connectivity index (χ1v) is 10.4. The number of anilines is 1. The first kappa shape index (κ1) is 19.4. The van der Waals surface area contributed by atoms with Crippen molar-refractivity contribution in [2.75, 3.05) is 18.8 Å². The van der Waals surface area contributed by atoms with E-state index in [4.69, 9.17) is 10.7 Å². The minimum atomic E-state index is -0.117. The van der Waals surface area contributed by atoms with Crippen molar-refractivity contribution in [1.29, 1.82) is 0 Å². The molecule has 0 bridgehead atoms. The zero-order chi connectivity index (χ0) is 20.5. The number of rotatable bonds is 4. The summed E-state index contributed by atoms with van der Waals surface area (Å²) in [6, 6.07) is 12.1. The fraction of sp³-hybridized carbons (Fsp3) is 0.435. The summed E-state index contributed by atoms with van der Waals surface area (Å²) in [6.07, 6.45) is 1.97. The highest BCUT2D eigenvalue weighted by atomic mass is 16.2. The lowest BCUT2D eigenvalue weighted by molar-refractivity contribution is -0.136. The Bertz CT molecular complexity index is 1040. The van der Waals surface area contributed by atoms with Crippen LogP contribution in [0.5, 0.6) is 0 Å². The van der Waals surface area contributed by atoms with E-state index in [1.807, 2.05) is 66.8 Å². The lowest BCUT2D eigenvalue weighted by atomic mass is 9.92. The van der Waals surface area contributed by atoms with Crippen LogP contribution in [0, 0.1) is 19.8 Å². The van der Waals surface area contributed by atoms with Gasteiger partial charge in [-0.25, -0.2) is 0 Å². The summed E-state index contributed by atoms with van der Waals surface area (Å²) >= 11 is 0. The maximum atomic E-state index is 13.1. The molecule has 1 amide bonds. The lowest BCUT2D eigenvalue weighted by Crippen LogP contribution is -2.43. The van der Waals surface area contributed by atoms with Gasteiger partial charge >= 0.3 is 0 Å². The highest BCUT2D eigenvalue weighted by Gasteiger charge is 2.29. The third kappa shape index (κ3) is 3.97. The van der Waals surface area contributed by atoms with Crippen LogP contribution < -0.4 is 5.73 Å². The summed E-state index contributed by atoms with van der Waals surface area (Å²) in [6.45, 7) is 8.08. The van der Waals surface area contributed by atoms with Crippen molar-refractivity contribution in [1.82, 2.24) is 19.7 Å². The molecule has 1 aromatic carbocycles. The minimum Gasteiger partial charge on any atom is -0.397 e. The second kappa shape index (κ2) is 7.85. The highest BCUT2D eigenvalue weighted by Crippen LogP contribution is 2.32. The van der Waals surface area contributed by atoms with Crippen LogP contribution >= 0.6 is 0 Å². The summed E-state index contributed by atoms with van der Waals surface area (Å²) in [5.74, 6) is 0.244. The van der Waals surface area contributed by atoms with Crippen molar-refractivity contribution in [3.05, 3.63) is 53.5 Å². The average Bonchev–Trinajstić information content (AvgIpc) is 3.03. The van der Waals surface area contributed by atoms with Gasteiger partial charge in [-0.2, -0.15) is 5.10 Å². The van der Waals surface area contributed by atoms with E-state index in [0.29, 0.717) is 13.1 Å². The Hall–Kier alpha value is -2.89. The van der Waals surface area contributed by atoms with Gasteiger partial charge in [-0.05, 0) is 44.9 Å². The van der Waals surface area contributed by atoms with Crippen LogP contribution in [0.2, 0.25) is 0 Å². The van der Waals surface area contributed by atoms with Crippen LogP contribution in [-0.4, -0.2) is 38.7 Å². The van der Waals surface area contributed by atoms with Crippen molar-refractivity contribution >= 4 is 22.5 Å². The number of nitrogens with two attached hydrogens (primary N) is 1. The number of para-hydroxylation sites is 1. The van der Waals surface area contributed by atoms with E-state index in [2.05, 4.69) is 5.10 Å². The van der Waals surface area contributed by atoms with E-state index >= 15 is 0 Å². The number of nitrogens with zero attached hydrogens (tertiary/aromatic N) is 4. The number of piperidine rings is 1. The molecule has 0 aliphatic carbocycles. The number of benzene rings is 1. The first-order valence-electron chi connectivity index (χ1n) is 10.4. The molecule has 0 saturated carbocycles. The Morgan fingerprint density at radius 1 is 1.28 bits per heavy atom.